The van der Waals surface area contributed by atoms with Crippen LogP contribution < -0.4 is 0 Å². The molecule has 1 aliphatic carbocycles. The lowest BCUT2D eigenvalue weighted by molar-refractivity contribution is -0.134. The highest BCUT2D eigenvalue weighted by atomic mass is 16.6. The Hall–Kier alpha value is -2.64. The minimum Gasteiger partial charge on any atom is -0.442 e. The van der Waals surface area contributed by atoms with Crippen molar-refractivity contribution in [3.63, 3.8) is 0 Å². The van der Waals surface area contributed by atoms with E-state index in [1.165, 1.54) is 0 Å². The number of pyridine rings is 1. The number of aryl methyl sites for hydroxylation is 1. The molecule has 3 aliphatic heterocycles. The van der Waals surface area contributed by atoms with Gasteiger partial charge in [-0.1, -0.05) is 12.8 Å². The number of fused-ring (bicyclic) bond motifs is 1. The number of ether oxygens (including phenoxy) is 1. The highest BCUT2D eigenvalue weighted by molar-refractivity contribution is 5.94. The monoisotopic (exact) mass is 412 g/mol. The fourth-order valence-corrected chi connectivity index (χ4v) is 5.43. The van der Waals surface area contributed by atoms with Crippen LogP contribution in [0, 0.1) is 12.8 Å². The van der Waals surface area contributed by atoms with Gasteiger partial charge in [0.1, 0.15) is 6.10 Å². The number of rotatable bonds is 3. The summed E-state index contributed by atoms with van der Waals surface area (Å²) in [5, 5.41) is 0. The summed E-state index contributed by atoms with van der Waals surface area (Å²) in [4.78, 5) is 47.9. The van der Waals surface area contributed by atoms with Gasteiger partial charge >= 0.3 is 6.09 Å². The van der Waals surface area contributed by atoms with Gasteiger partial charge in [-0.25, -0.2) is 4.79 Å². The molecule has 3 saturated heterocycles. The fourth-order valence-electron chi connectivity index (χ4n) is 5.43. The maximum absolute atomic E-state index is 12.9. The summed E-state index contributed by atoms with van der Waals surface area (Å²) in [5.41, 5.74) is 1.41. The first-order valence-electron chi connectivity index (χ1n) is 11.0. The second kappa shape index (κ2) is 7.56. The Morgan fingerprint density at radius 2 is 1.87 bits per heavy atom. The normalized spacial score (nSPS) is 28.9. The third kappa shape index (κ3) is 3.32. The molecule has 5 rings (SSSR count). The van der Waals surface area contributed by atoms with Crippen molar-refractivity contribution in [2.45, 2.75) is 57.2 Å². The molecular formula is C22H28N4O4. The zero-order valence-corrected chi connectivity index (χ0v) is 17.3. The molecule has 8 nitrogen and oxygen atoms in total. The average Bonchev–Trinajstić information content (AvgIpc) is 3.51. The van der Waals surface area contributed by atoms with Crippen molar-refractivity contribution < 1.29 is 19.1 Å². The van der Waals surface area contributed by atoms with E-state index in [1.807, 2.05) is 17.9 Å². The van der Waals surface area contributed by atoms with Crippen molar-refractivity contribution in [3.05, 3.63) is 29.6 Å². The summed E-state index contributed by atoms with van der Waals surface area (Å²) >= 11 is 0. The van der Waals surface area contributed by atoms with Crippen molar-refractivity contribution >= 4 is 17.9 Å². The lowest BCUT2D eigenvalue weighted by atomic mass is 10.1. The van der Waals surface area contributed by atoms with Gasteiger partial charge in [-0.15, -0.1) is 0 Å². The van der Waals surface area contributed by atoms with Gasteiger partial charge < -0.3 is 14.5 Å². The number of amides is 3. The van der Waals surface area contributed by atoms with E-state index in [0.717, 1.165) is 37.8 Å². The summed E-state index contributed by atoms with van der Waals surface area (Å²) in [6.07, 6.45) is 6.00. The molecule has 1 unspecified atom stereocenters. The number of hydrogen-bond acceptors (Lipinski definition) is 5. The number of aromatic nitrogens is 1. The molecule has 0 radical (unpaired) electrons. The van der Waals surface area contributed by atoms with Gasteiger partial charge in [0.15, 0.2) is 0 Å². The SMILES string of the molecule is Cc1ccc(C(=O)N2C[C@@H]3OC(=O)N(C4CCN(C(=O)C5CCCC5)C4)[C@@H]3C2)cn1. The smallest absolute Gasteiger partial charge is 0.410 e. The first-order chi connectivity index (χ1) is 14.5. The number of likely N-dealkylation sites (tertiary alicyclic amines) is 2. The molecule has 0 N–H and O–H groups in total. The van der Waals surface area contributed by atoms with Crippen LogP contribution in [0.15, 0.2) is 18.3 Å². The largest absolute Gasteiger partial charge is 0.442 e. The molecule has 4 fully saturated rings. The van der Waals surface area contributed by atoms with Crippen molar-refractivity contribution in [1.29, 1.82) is 0 Å². The minimum atomic E-state index is -0.311. The van der Waals surface area contributed by atoms with Crippen molar-refractivity contribution in [2.75, 3.05) is 26.2 Å². The Kier molecular flexibility index (Phi) is 4.87. The standard InChI is InChI=1S/C22H28N4O4/c1-14-6-7-16(10-23-14)21(28)25-12-18-19(13-25)30-22(29)26(18)17-8-9-24(11-17)20(27)15-4-2-3-5-15/h6-7,10,15,17-19H,2-5,8-9,11-13H2,1H3/t17?,18-,19+/m1/s1. The van der Waals surface area contributed by atoms with E-state index in [9.17, 15) is 14.4 Å². The van der Waals surface area contributed by atoms with Gasteiger partial charge in [0.05, 0.1) is 24.2 Å². The lowest BCUT2D eigenvalue weighted by Crippen LogP contribution is -2.47. The Morgan fingerprint density at radius 1 is 1.07 bits per heavy atom. The van der Waals surface area contributed by atoms with Crippen LogP contribution in [-0.4, -0.2) is 82.0 Å². The number of nitrogens with zero attached hydrogens (tertiary/aromatic N) is 4. The molecule has 0 aromatic carbocycles. The lowest BCUT2D eigenvalue weighted by Gasteiger charge is -2.28. The molecular weight excluding hydrogens is 384 g/mol. The molecule has 3 atom stereocenters. The van der Waals surface area contributed by atoms with Crippen LogP contribution >= 0.6 is 0 Å². The predicted octanol–water partition coefficient (Wildman–Crippen LogP) is 1.83. The van der Waals surface area contributed by atoms with E-state index in [1.54, 1.807) is 22.1 Å². The molecule has 4 heterocycles. The van der Waals surface area contributed by atoms with Crippen LogP contribution in [0.1, 0.15) is 48.2 Å². The number of carbonyl (C=O) groups is 3. The van der Waals surface area contributed by atoms with E-state index in [0.29, 0.717) is 31.7 Å². The summed E-state index contributed by atoms with van der Waals surface area (Å²) in [6, 6.07) is 3.43. The van der Waals surface area contributed by atoms with E-state index in [4.69, 9.17) is 4.74 Å². The van der Waals surface area contributed by atoms with E-state index >= 15 is 0 Å². The zero-order chi connectivity index (χ0) is 20.8. The zero-order valence-electron chi connectivity index (χ0n) is 17.3. The topological polar surface area (TPSA) is 83.0 Å². The van der Waals surface area contributed by atoms with Crippen LogP contribution in [0.25, 0.3) is 0 Å². The van der Waals surface area contributed by atoms with Gasteiger partial charge in [0.2, 0.25) is 5.91 Å². The van der Waals surface area contributed by atoms with Crippen LogP contribution in [-0.2, 0) is 9.53 Å². The Labute approximate surface area is 176 Å². The van der Waals surface area contributed by atoms with Gasteiger partial charge in [0.25, 0.3) is 5.91 Å². The van der Waals surface area contributed by atoms with Crippen LogP contribution in [0.3, 0.4) is 0 Å². The van der Waals surface area contributed by atoms with Gasteiger partial charge in [-0.05, 0) is 38.3 Å². The van der Waals surface area contributed by atoms with Crippen molar-refractivity contribution in [3.8, 4) is 0 Å². The first-order valence-corrected chi connectivity index (χ1v) is 11.0. The van der Waals surface area contributed by atoms with Crippen LogP contribution in [0.4, 0.5) is 4.79 Å². The summed E-state index contributed by atoms with van der Waals surface area (Å²) in [6.45, 7) is 4.00. The maximum Gasteiger partial charge on any atom is 0.410 e. The highest BCUT2D eigenvalue weighted by Crippen LogP contribution is 2.34. The third-order valence-corrected chi connectivity index (χ3v) is 7.08. The average molecular weight is 412 g/mol. The summed E-state index contributed by atoms with van der Waals surface area (Å²) in [7, 11) is 0. The highest BCUT2D eigenvalue weighted by Gasteiger charge is 2.52. The molecule has 3 amide bonds. The minimum absolute atomic E-state index is 0.0334. The van der Waals surface area contributed by atoms with Crippen LogP contribution in [0.2, 0.25) is 0 Å². The number of carbonyl (C=O) groups excluding carboxylic acids is 3. The fraction of sp³-hybridized carbons (Fsp3) is 0.636. The predicted molar refractivity (Wildman–Crippen MR) is 108 cm³/mol. The van der Waals surface area contributed by atoms with E-state index < -0.39 is 0 Å². The Balaban J connectivity index is 1.25. The molecule has 160 valence electrons. The molecule has 30 heavy (non-hydrogen) atoms. The molecule has 8 heteroatoms. The van der Waals surface area contributed by atoms with Gasteiger partial charge in [-0.3, -0.25) is 19.5 Å². The molecule has 1 aromatic rings. The van der Waals surface area contributed by atoms with Crippen molar-refractivity contribution in [1.82, 2.24) is 19.7 Å². The summed E-state index contributed by atoms with van der Waals surface area (Å²) < 4.78 is 5.62. The van der Waals surface area contributed by atoms with E-state index in [2.05, 4.69) is 4.98 Å². The third-order valence-electron chi connectivity index (χ3n) is 7.08. The van der Waals surface area contributed by atoms with Crippen LogP contribution in [0.5, 0.6) is 0 Å². The molecule has 0 spiro atoms. The van der Waals surface area contributed by atoms with Gasteiger partial charge in [-0.2, -0.15) is 0 Å². The second-order valence-electron chi connectivity index (χ2n) is 9.00. The quantitative estimate of drug-likeness (QED) is 0.756. The van der Waals surface area contributed by atoms with E-state index in [-0.39, 0.29) is 42.0 Å². The van der Waals surface area contributed by atoms with Gasteiger partial charge in [0, 0.05) is 37.4 Å². The second-order valence-corrected chi connectivity index (χ2v) is 9.00. The number of hydrogen-bond donors (Lipinski definition) is 0. The molecule has 1 saturated carbocycles. The Bertz CT molecular complexity index is 851. The molecule has 0 bridgehead atoms. The molecule has 4 aliphatic rings. The summed E-state index contributed by atoms with van der Waals surface area (Å²) in [5.74, 6) is 0.316. The van der Waals surface area contributed by atoms with Crippen molar-refractivity contribution in [2.24, 2.45) is 5.92 Å². The first kappa shape index (κ1) is 19.3. The molecule has 1 aromatic heterocycles. The Morgan fingerprint density at radius 3 is 2.60 bits per heavy atom. The maximum atomic E-state index is 12.9.